The molecule has 5 nitrogen and oxygen atoms in total. The van der Waals surface area contributed by atoms with E-state index in [9.17, 15) is 14.0 Å². The number of carbonyl (C=O) groups is 2. The number of hydrogen-bond acceptors (Lipinski definition) is 5. The van der Waals surface area contributed by atoms with Crippen LogP contribution < -0.4 is 4.74 Å². The molecule has 0 atom stereocenters. The Morgan fingerprint density at radius 1 is 1.28 bits per heavy atom. The fourth-order valence-electron chi connectivity index (χ4n) is 2.78. The topological polar surface area (TPSA) is 59.5 Å². The standard InChI is InChI=1S/C18H19FN2O3S/c1-12(22)16-11-25-18(20-16)13-6-8-21(9-7-13)17(23)10-24-15-4-2-14(19)3-5-15/h2-5,11,13H,6-10H2,1H3. The van der Waals surface area contributed by atoms with Crippen molar-refractivity contribution >= 4 is 23.0 Å². The number of Topliss-reactive ketones (excluding diaryl/α,β-unsaturated/α-hetero) is 1. The van der Waals surface area contributed by atoms with Crippen LogP contribution in [0.1, 0.15) is 41.2 Å². The van der Waals surface area contributed by atoms with Crippen LogP contribution in [0.3, 0.4) is 0 Å². The SMILES string of the molecule is CC(=O)c1csc(C2CCN(C(=O)COc3ccc(F)cc3)CC2)n1. The summed E-state index contributed by atoms with van der Waals surface area (Å²) in [6, 6.07) is 5.61. The van der Waals surface area contributed by atoms with Gasteiger partial charge in [-0.3, -0.25) is 9.59 Å². The molecule has 132 valence electrons. The molecule has 2 aromatic rings. The first kappa shape index (κ1) is 17.5. The molecule has 1 saturated heterocycles. The Hall–Kier alpha value is -2.28. The normalized spacial score (nSPS) is 15.2. The molecule has 0 unspecified atom stereocenters. The molecule has 1 aromatic heterocycles. The van der Waals surface area contributed by atoms with Crippen molar-refractivity contribution < 1.29 is 18.7 Å². The van der Waals surface area contributed by atoms with Crippen LogP contribution in [0.2, 0.25) is 0 Å². The van der Waals surface area contributed by atoms with Gasteiger partial charge in [0, 0.05) is 31.3 Å². The average Bonchev–Trinajstić information content (AvgIpc) is 3.11. The van der Waals surface area contributed by atoms with Crippen LogP contribution in [-0.4, -0.2) is 41.3 Å². The van der Waals surface area contributed by atoms with E-state index in [1.165, 1.54) is 42.5 Å². The highest BCUT2D eigenvalue weighted by Gasteiger charge is 2.26. The van der Waals surface area contributed by atoms with E-state index in [2.05, 4.69) is 4.98 Å². The summed E-state index contributed by atoms with van der Waals surface area (Å²) in [5.74, 6) is 0.333. The smallest absolute Gasteiger partial charge is 0.260 e. The van der Waals surface area contributed by atoms with Crippen molar-refractivity contribution in [3.63, 3.8) is 0 Å². The van der Waals surface area contributed by atoms with E-state index in [0.717, 1.165) is 17.8 Å². The summed E-state index contributed by atoms with van der Waals surface area (Å²) in [6.45, 7) is 2.75. The zero-order valence-electron chi connectivity index (χ0n) is 13.9. The largest absolute Gasteiger partial charge is 0.484 e. The number of ether oxygens (including phenoxy) is 1. The van der Waals surface area contributed by atoms with Crippen LogP contribution in [0.4, 0.5) is 4.39 Å². The summed E-state index contributed by atoms with van der Waals surface area (Å²) in [6.07, 6.45) is 1.65. The van der Waals surface area contributed by atoms with Crippen molar-refractivity contribution in [1.82, 2.24) is 9.88 Å². The maximum Gasteiger partial charge on any atom is 0.260 e. The monoisotopic (exact) mass is 362 g/mol. The molecule has 7 heteroatoms. The number of hydrogen-bond donors (Lipinski definition) is 0. The molecular formula is C18H19FN2O3S. The van der Waals surface area contributed by atoms with Gasteiger partial charge < -0.3 is 9.64 Å². The van der Waals surface area contributed by atoms with Gasteiger partial charge >= 0.3 is 0 Å². The summed E-state index contributed by atoms with van der Waals surface area (Å²) in [7, 11) is 0. The molecule has 1 aromatic carbocycles. The molecule has 2 heterocycles. The van der Waals surface area contributed by atoms with Gasteiger partial charge in [-0.15, -0.1) is 11.3 Å². The molecule has 1 fully saturated rings. The maximum absolute atomic E-state index is 12.8. The lowest BCUT2D eigenvalue weighted by Crippen LogP contribution is -2.40. The minimum Gasteiger partial charge on any atom is -0.484 e. The second-order valence-corrected chi connectivity index (χ2v) is 6.91. The zero-order chi connectivity index (χ0) is 17.8. The molecule has 0 bridgehead atoms. The van der Waals surface area contributed by atoms with Gasteiger partial charge in [0.25, 0.3) is 5.91 Å². The Kier molecular flexibility index (Phi) is 5.43. The second kappa shape index (κ2) is 7.74. The van der Waals surface area contributed by atoms with Crippen molar-refractivity contribution in [3.8, 4) is 5.75 Å². The third-order valence-corrected chi connectivity index (χ3v) is 5.26. The van der Waals surface area contributed by atoms with Crippen LogP contribution in [0.15, 0.2) is 29.6 Å². The van der Waals surface area contributed by atoms with Gasteiger partial charge in [0.1, 0.15) is 17.3 Å². The Bertz CT molecular complexity index is 752. The Morgan fingerprint density at radius 2 is 1.96 bits per heavy atom. The van der Waals surface area contributed by atoms with E-state index in [0.29, 0.717) is 30.5 Å². The summed E-state index contributed by atoms with van der Waals surface area (Å²) >= 11 is 1.51. The second-order valence-electron chi connectivity index (χ2n) is 6.02. The fourth-order valence-corrected chi connectivity index (χ4v) is 3.81. The predicted octanol–water partition coefficient (Wildman–Crippen LogP) is 3.27. The lowest BCUT2D eigenvalue weighted by molar-refractivity contribution is -0.134. The minimum absolute atomic E-state index is 0.0203. The number of ketones is 1. The summed E-state index contributed by atoms with van der Waals surface area (Å²) < 4.78 is 18.3. The van der Waals surface area contributed by atoms with Crippen molar-refractivity contribution in [1.29, 1.82) is 0 Å². The Labute approximate surface area is 149 Å². The van der Waals surface area contributed by atoms with Crippen LogP contribution in [0.25, 0.3) is 0 Å². The van der Waals surface area contributed by atoms with E-state index < -0.39 is 0 Å². The molecule has 1 aliphatic rings. The number of carbonyl (C=O) groups excluding carboxylic acids is 2. The number of thiazole rings is 1. The molecule has 25 heavy (non-hydrogen) atoms. The molecule has 0 radical (unpaired) electrons. The minimum atomic E-state index is -0.337. The van der Waals surface area contributed by atoms with Gasteiger partial charge in [-0.25, -0.2) is 9.37 Å². The molecule has 0 aliphatic carbocycles. The van der Waals surface area contributed by atoms with Crippen molar-refractivity contribution in [3.05, 3.63) is 46.2 Å². The number of halogens is 1. The number of aromatic nitrogens is 1. The Balaban J connectivity index is 1.48. The molecule has 0 spiro atoms. The van der Waals surface area contributed by atoms with Gasteiger partial charge in [-0.1, -0.05) is 0 Å². The van der Waals surface area contributed by atoms with Crippen molar-refractivity contribution in [2.24, 2.45) is 0 Å². The van der Waals surface area contributed by atoms with Crippen LogP contribution in [-0.2, 0) is 4.79 Å². The molecule has 1 aliphatic heterocycles. The summed E-state index contributed by atoms with van der Waals surface area (Å²) in [4.78, 5) is 29.8. The van der Waals surface area contributed by atoms with Gasteiger partial charge in [-0.05, 0) is 37.1 Å². The first-order valence-electron chi connectivity index (χ1n) is 8.15. The van der Waals surface area contributed by atoms with Crippen molar-refractivity contribution in [2.75, 3.05) is 19.7 Å². The Morgan fingerprint density at radius 3 is 2.56 bits per heavy atom. The number of likely N-dealkylation sites (tertiary alicyclic amines) is 1. The van der Waals surface area contributed by atoms with Crippen molar-refractivity contribution in [2.45, 2.75) is 25.7 Å². The number of rotatable bonds is 5. The average molecular weight is 362 g/mol. The van der Waals surface area contributed by atoms with Gasteiger partial charge in [0.2, 0.25) is 0 Å². The number of nitrogens with zero attached hydrogens (tertiary/aromatic N) is 2. The lowest BCUT2D eigenvalue weighted by Gasteiger charge is -2.31. The first-order valence-corrected chi connectivity index (χ1v) is 9.03. The molecule has 3 rings (SSSR count). The lowest BCUT2D eigenvalue weighted by atomic mass is 9.97. The number of piperidine rings is 1. The van der Waals surface area contributed by atoms with Crippen LogP contribution in [0.5, 0.6) is 5.75 Å². The van der Waals surface area contributed by atoms with E-state index >= 15 is 0 Å². The van der Waals surface area contributed by atoms with Gasteiger partial charge in [0.15, 0.2) is 12.4 Å². The third kappa shape index (κ3) is 4.42. The molecular weight excluding hydrogens is 343 g/mol. The van der Waals surface area contributed by atoms with Gasteiger partial charge in [-0.2, -0.15) is 0 Å². The van der Waals surface area contributed by atoms with E-state index in [1.807, 2.05) is 0 Å². The summed E-state index contributed by atoms with van der Waals surface area (Å²) in [5, 5.41) is 2.77. The quantitative estimate of drug-likeness (QED) is 0.766. The highest BCUT2D eigenvalue weighted by Crippen LogP contribution is 2.30. The molecule has 0 N–H and O–H groups in total. The zero-order valence-corrected chi connectivity index (χ0v) is 14.7. The highest BCUT2D eigenvalue weighted by atomic mass is 32.1. The highest BCUT2D eigenvalue weighted by molar-refractivity contribution is 7.09. The molecule has 1 amide bonds. The first-order chi connectivity index (χ1) is 12.0. The van der Waals surface area contributed by atoms with E-state index in [1.54, 1.807) is 10.3 Å². The van der Waals surface area contributed by atoms with Gasteiger partial charge in [0.05, 0.1) is 5.01 Å². The summed E-state index contributed by atoms with van der Waals surface area (Å²) in [5.41, 5.74) is 0.520. The maximum atomic E-state index is 12.8. The predicted molar refractivity (Wildman–Crippen MR) is 92.6 cm³/mol. The fraction of sp³-hybridized carbons (Fsp3) is 0.389. The van der Waals surface area contributed by atoms with Crippen LogP contribution in [0, 0.1) is 5.82 Å². The molecule has 0 saturated carbocycles. The number of benzene rings is 1. The van der Waals surface area contributed by atoms with E-state index in [4.69, 9.17) is 4.74 Å². The van der Waals surface area contributed by atoms with Crippen LogP contribution >= 0.6 is 11.3 Å². The number of amides is 1. The third-order valence-electron chi connectivity index (χ3n) is 4.26. The van der Waals surface area contributed by atoms with E-state index in [-0.39, 0.29) is 24.1 Å².